The van der Waals surface area contributed by atoms with E-state index in [1.807, 2.05) is 6.07 Å². The standard InChI is InChI=1S/C18H17FN4OS/c19-15-8-6-12(7-9-15)10-14(11-20)16(24)21-18-23-22-17(25-18)13-4-2-1-3-5-13/h6-10,13H,1-5H2,(H,21,23,24)/b14-10-. The van der Waals surface area contributed by atoms with Crippen LogP contribution < -0.4 is 5.32 Å². The van der Waals surface area contributed by atoms with Gasteiger partial charge in [-0.2, -0.15) is 5.26 Å². The minimum atomic E-state index is -0.543. The summed E-state index contributed by atoms with van der Waals surface area (Å²) in [5.74, 6) is -0.496. The lowest BCUT2D eigenvalue weighted by Crippen LogP contribution is -2.13. The highest BCUT2D eigenvalue weighted by molar-refractivity contribution is 7.15. The summed E-state index contributed by atoms with van der Waals surface area (Å²) in [4.78, 5) is 12.3. The molecule has 1 aliphatic rings. The SMILES string of the molecule is N#C/C(=C/c1ccc(F)cc1)C(=O)Nc1nnc(C2CCCCC2)s1. The van der Waals surface area contributed by atoms with E-state index in [4.69, 9.17) is 0 Å². The van der Waals surface area contributed by atoms with Crippen LogP contribution in [0.5, 0.6) is 0 Å². The second-order valence-corrected chi connectivity index (χ2v) is 6.96. The lowest BCUT2D eigenvalue weighted by atomic mass is 9.90. The molecule has 0 bridgehead atoms. The third kappa shape index (κ3) is 4.48. The molecule has 1 fully saturated rings. The average Bonchev–Trinajstić information content (AvgIpc) is 3.10. The zero-order valence-corrected chi connectivity index (χ0v) is 14.4. The molecule has 1 aliphatic carbocycles. The van der Waals surface area contributed by atoms with Crippen LogP contribution in [0.2, 0.25) is 0 Å². The van der Waals surface area contributed by atoms with Gasteiger partial charge in [-0.1, -0.05) is 42.7 Å². The van der Waals surface area contributed by atoms with E-state index in [1.165, 1.54) is 60.9 Å². The lowest BCUT2D eigenvalue weighted by Gasteiger charge is -2.18. The van der Waals surface area contributed by atoms with Gasteiger partial charge in [-0.3, -0.25) is 10.1 Å². The van der Waals surface area contributed by atoms with Crippen molar-refractivity contribution in [3.8, 4) is 6.07 Å². The Kier molecular flexibility index (Phi) is 5.51. The fraction of sp³-hybridized carbons (Fsp3) is 0.333. The third-order valence-electron chi connectivity index (χ3n) is 4.16. The number of nitrogens with one attached hydrogen (secondary N) is 1. The molecule has 1 heterocycles. The van der Waals surface area contributed by atoms with Crippen LogP contribution in [0.15, 0.2) is 29.8 Å². The summed E-state index contributed by atoms with van der Waals surface area (Å²) in [6.07, 6.45) is 7.29. The van der Waals surface area contributed by atoms with Crippen molar-refractivity contribution >= 4 is 28.5 Å². The van der Waals surface area contributed by atoms with Crippen molar-refractivity contribution in [3.63, 3.8) is 0 Å². The molecule has 1 saturated carbocycles. The Balaban J connectivity index is 1.69. The second-order valence-electron chi connectivity index (χ2n) is 5.96. The van der Waals surface area contributed by atoms with Crippen molar-refractivity contribution in [3.05, 3.63) is 46.2 Å². The van der Waals surface area contributed by atoms with Crippen LogP contribution in [0.4, 0.5) is 9.52 Å². The molecule has 25 heavy (non-hydrogen) atoms. The molecular formula is C18H17FN4OS. The molecule has 1 aromatic heterocycles. The molecule has 7 heteroatoms. The summed E-state index contributed by atoms with van der Waals surface area (Å²) in [5, 5.41) is 21.4. The summed E-state index contributed by atoms with van der Waals surface area (Å²) in [5.41, 5.74) is 0.509. The first kappa shape index (κ1) is 17.2. The molecule has 1 amide bonds. The van der Waals surface area contributed by atoms with E-state index < -0.39 is 5.91 Å². The molecule has 128 valence electrons. The smallest absolute Gasteiger partial charge is 0.268 e. The van der Waals surface area contributed by atoms with E-state index in [-0.39, 0.29) is 11.4 Å². The molecule has 0 saturated heterocycles. The average molecular weight is 356 g/mol. The Morgan fingerprint density at radius 1 is 1.24 bits per heavy atom. The van der Waals surface area contributed by atoms with Gasteiger partial charge in [0.25, 0.3) is 5.91 Å². The molecule has 0 atom stereocenters. The first-order chi connectivity index (χ1) is 12.2. The van der Waals surface area contributed by atoms with Crippen molar-refractivity contribution in [1.29, 1.82) is 5.26 Å². The molecule has 3 rings (SSSR count). The number of halogens is 1. The van der Waals surface area contributed by atoms with Crippen molar-refractivity contribution in [2.45, 2.75) is 38.0 Å². The van der Waals surface area contributed by atoms with E-state index in [2.05, 4.69) is 15.5 Å². The summed E-state index contributed by atoms with van der Waals surface area (Å²) < 4.78 is 12.9. The van der Waals surface area contributed by atoms with E-state index in [1.54, 1.807) is 0 Å². The first-order valence-electron chi connectivity index (χ1n) is 8.18. The number of carbonyl (C=O) groups excluding carboxylic acids is 1. The Morgan fingerprint density at radius 3 is 2.64 bits per heavy atom. The number of anilines is 1. The number of nitriles is 1. The minimum absolute atomic E-state index is 0.0685. The van der Waals surface area contributed by atoms with Gasteiger partial charge in [0.2, 0.25) is 5.13 Å². The fourth-order valence-electron chi connectivity index (χ4n) is 2.84. The number of hydrogen-bond donors (Lipinski definition) is 1. The van der Waals surface area contributed by atoms with Crippen LogP contribution in [-0.4, -0.2) is 16.1 Å². The summed E-state index contributed by atoms with van der Waals surface area (Å²) in [6, 6.07) is 7.43. The summed E-state index contributed by atoms with van der Waals surface area (Å²) >= 11 is 1.36. The van der Waals surface area contributed by atoms with Gasteiger partial charge >= 0.3 is 0 Å². The first-order valence-corrected chi connectivity index (χ1v) is 8.99. The highest BCUT2D eigenvalue weighted by atomic mass is 32.1. The Hall–Kier alpha value is -2.59. The van der Waals surface area contributed by atoms with E-state index in [0.717, 1.165) is 17.8 Å². The van der Waals surface area contributed by atoms with Gasteiger partial charge in [0.15, 0.2) is 0 Å². The molecule has 0 aliphatic heterocycles. The van der Waals surface area contributed by atoms with Crippen LogP contribution in [0.3, 0.4) is 0 Å². The van der Waals surface area contributed by atoms with Crippen molar-refractivity contribution in [2.24, 2.45) is 0 Å². The van der Waals surface area contributed by atoms with Crippen molar-refractivity contribution < 1.29 is 9.18 Å². The van der Waals surface area contributed by atoms with Crippen LogP contribution in [-0.2, 0) is 4.79 Å². The van der Waals surface area contributed by atoms with Crippen LogP contribution >= 0.6 is 11.3 Å². The normalized spacial score (nSPS) is 15.6. The van der Waals surface area contributed by atoms with Gasteiger partial charge in [0.1, 0.15) is 22.5 Å². The maximum absolute atomic E-state index is 12.9. The molecule has 0 unspecified atom stereocenters. The molecule has 0 radical (unpaired) electrons. The predicted molar refractivity (Wildman–Crippen MR) is 94.4 cm³/mol. The summed E-state index contributed by atoms with van der Waals surface area (Å²) in [6.45, 7) is 0. The molecule has 1 aromatic carbocycles. The van der Waals surface area contributed by atoms with Gasteiger partial charge in [0, 0.05) is 5.92 Å². The predicted octanol–water partition coefficient (Wildman–Crippen LogP) is 4.27. The van der Waals surface area contributed by atoms with Crippen molar-refractivity contribution in [2.75, 3.05) is 5.32 Å². The van der Waals surface area contributed by atoms with Gasteiger partial charge in [0.05, 0.1) is 0 Å². The Morgan fingerprint density at radius 2 is 1.96 bits per heavy atom. The van der Waals surface area contributed by atoms with Gasteiger partial charge in [-0.05, 0) is 36.6 Å². The number of rotatable bonds is 4. The molecular weight excluding hydrogens is 339 g/mol. The van der Waals surface area contributed by atoms with E-state index in [0.29, 0.717) is 16.6 Å². The zero-order valence-electron chi connectivity index (χ0n) is 13.5. The van der Waals surface area contributed by atoms with Crippen molar-refractivity contribution in [1.82, 2.24) is 10.2 Å². The molecule has 1 N–H and O–H groups in total. The monoisotopic (exact) mass is 356 g/mol. The Bertz CT molecular complexity index is 816. The molecule has 0 spiro atoms. The Labute approximate surface area is 149 Å². The van der Waals surface area contributed by atoms with Crippen LogP contribution in [0.1, 0.15) is 48.6 Å². The summed E-state index contributed by atoms with van der Waals surface area (Å²) in [7, 11) is 0. The maximum atomic E-state index is 12.9. The lowest BCUT2D eigenvalue weighted by molar-refractivity contribution is -0.112. The van der Waals surface area contributed by atoms with E-state index in [9.17, 15) is 14.4 Å². The van der Waals surface area contributed by atoms with Crippen LogP contribution in [0.25, 0.3) is 6.08 Å². The highest BCUT2D eigenvalue weighted by Crippen LogP contribution is 2.35. The number of nitrogens with zero attached hydrogens (tertiary/aromatic N) is 3. The topological polar surface area (TPSA) is 78.7 Å². The largest absolute Gasteiger partial charge is 0.296 e. The number of benzene rings is 1. The van der Waals surface area contributed by atoms with Crippen LogP contribution in [0, 0.1) is 17.1 Å². The highest BCUT2D eigenvalue weighted by Gasteiger charge is 2.20. The number of carbonyl (C=O) groups is 1. The second kappa shape index (κ2) is 7.99. The maximum Gasteiger partial charge on any atom is 0.268 e. The minimum Gasteiger partial charge on any atom is -0.296 e. The number of amides is 1. The fourth-order valence-corrected chi connectivity index (χ4v) is 3.75. The number of hydrogen-bond acceptors (Lipinski definition) is 5. The number of aromatic nitrogens is 2. The zero-order chi connectivity index (χ0) is 17.6. The third-order valence-corrected chi connectivity index (χ3v) is 5.16. The molecule has 2 aromatic rings. The van der Waals surface area contributed by atoms with E-state index >= 15 is 0 Å². The van der Waals surface area contributed by atoms with Gasteiger partial charge in [-0.25, -0.2) is 4.39 Å². The molecule has 5 nitrogen and oxygen atoms in total. The van der Waals surface area contributed by atoms with Gasteiger partial charge < -0.3 is 0 Å². The van der Waals surface area contributed by atoms with Gasteiger partial charge in [-0.15, -0.1) is 10.2 Å². The quantitative estimate of drug-likeness (QED) is 0.655.